The van der Waals surface area contributed by atoms with Gasteiger partial charge in [0, 0.05) is 73.9 Å². The summed E-state index contributed by atoms with van der Waals surface area (Å²) in [6.07, 6.45) is 36.6. The van der Waals surface area contributed by atoms with Crippen molar-refractivity contribution in [1.29, 1.82) is 0 Å². The number of nitrogens with zero attached hydrogens (tertiary/aromatic N) is 12. The van der Waals surface area contributed by atoms with Crippen molar-refractivity contribution in [2.24, 2.45) is 64.5 Å². The standard InChI is InChI=1S/C21H40N3O4PSi.C18H30N3O4P.C16H28N3O3P.2C15H26N3O3P.C15H26N3O2P/c1-14-23-19(22)15(13-27-30(8,9)21(2,3)4)12-24(14)20-18(26)17(25)16(28-20)10-11-29(5,6)7;1-7-13-10-21(11(2)19-17(13)20-12(3)22)18-16(24)15(23)14(25-18)8-9-26(4,5)6;1-10-9-19(11(2)18-15(10)17)16-14(21-3)13(20)12(22-16)7-8-23(4,5)6;1-10-17-12(16)6-8-18(10)14-15(2,20)13(19)11(21-14)7-9-22(3,4)5;1-10-17-11(16)6-8-18(10)14-12(19)13(20)15(2,21-14)7-9-22(3,4)5;1-10-14(19)12(7-9-21(3,4)5)20-15(10)18-8-6-13(16)17-11(18)2/h12,16-18,20,25-26H,1,5,10-11,13H2,2-4,6-9H3,(H2,22,23);10,14-16,18,23-24H,2,4,7-9H2,1,3,5-6H3,(H,19,20,22);9,12-14,16,20H,2,4,7-8H2,1,3,5-6H3,(H2,17,18);6,8,11,13-14,19-20H,1,3,7,9H2,2,4-5H3,(H2,16,17);6,8,12-14,19-20H,1,3,7,9H2,2,4-5H3,(H2,16,17);6,8,10,12,14-15,19H,2-3,7,9H2,1,4-5H3,(H2,16,17)/t16-,17-,18-,20-;14-,15-,16-,18-;12-,13-,14-,16-;11-,13-,14-,15-;12-,13+,14-,15-;10-,12-,14+,15-/m111111/s1. The quantitative estimate of drug-likeness (QED) is 0.0253. The van der Waals surface area contributed by atoms with Crippen LogP contribution in [0.4, 0.5) is 0 Å². The SMILES string of the molecule is C=C1N=C(N)C(C)=CN1[C@@H]1O[C@H](CCP(=C)(C)C)[C@@H](O)[C@H]1OC.C=C1N=C(N)C(CO[Si](C)(C)C(C)(C)C)=CN1[C@@H]1O[C@H](CCP(=C)(C)C)[C@@H](O)[C@H]1O.C=C1N=C(N)C=CN1[C@@H]1O[C@H](CCP(=C)(C)C)[C@@H](O)[C@@]1(C)O.C=C1N=C(N)C=CN1[C@@H]1O[C@H](CCP(=C)(C)C)[C@@H](O)[C@H]1C.C=C1N=C(N)C=CN1[C@@H]1O[C@](C)(CCP(=C)(C)C)[C@@H](O)[C@H]1O.C=C1N=C(NC(C)=O)C(CC)=CN1[C@@H]1O[C@H](CCP(=C)(C)C)[C@@H](O)[C@H]1O. The maximum absolute atomic E-state index is 11.3. The average molecular weight is 2150 g/mol. The predicted molar refractivity (Wildman–Crippen MR) is 609 cm³/mol. The van der Waals surface area contributed by atoms with E-state index >= 15 is 0 Å². The van der Waals surface area contributed by atoms with Gasteiger partial charge >= 0.3 is 0 Å². The molecule has 44 heteroatoms. The van der Waals surface area contributed by atoms with Gasteiger partial charge < -0.3 is 152 Å². The van der Waals surface area contributed by atoms with E-state index < -0.39 is 171 Å². The number of rotatable bonds is 29. The summed E-state index contributed by atoms with van der Waals surface area (Å²) in [7, 11) is -0.394. The number of aliphatic hydroxyl groups excluding tert-OH is 9. The first-order valence-electron chi connectivity index (χ1n) is 48.5. The number of nitrogens with two attached hydrogens (primary N) is 5. The Morgan fingerprint density at radius 2 is 0.833 bits per heavy atom. The lowest BCUT2D eigenvalue weighted by atomic mass is 9.94. The number of amidine groups is 6. The fraction of sp³-hybridized carbons (Fsp3) is 0.630. The molecule has 0 aliphatic carbocycles. The van der Waals surface area contributed by atoms with Gasteiger partial charge in [0.15, 0.2) is 39.5 Å². The van der Waals surface area contributed by atoms with Gasteiger partial charge in [-0.2, -0.15) is 0 Å². The molecular formula is C100H176N18O19P6Si. The molecule has 12 aliphatic heterocycles. The number of carbonyl (C=O) groups excluding carboxylic acids is 1. The molecule has 144 heavy (non-hydrogen) atoms. The van der Waals surface area contributed by atoms with Crippen molar-refractivity contribution in [1.82, 2.24) is 34.7 Å². The van der Waals surface area contributed by atoms with Crippen molar-refractivity contribution in [3.05, 3.63) is 147 Å². The van der Waals surface area contributed by atoms with Crippen molar-refractivity contribution in [2.75, 3.05) is 131 Å². The summed E-state index contributed by atoms with van der Waals surface area (Å²) in [5.41, 5.74) is 28.9. The van der Waals surface area contributed by atoms with Crippen molar-refractivity contribution < 1.29 is 93.4 Å². The zero-order chi connectivity index (χ0) is 109. The van der Waals surface area contributed by atoms with Crippen LogP contribution in [0, 0.1) is 5.92 Å². The number of aliphatic imine (C=N–C) groups is 6. The summed E-state index contributed by atoms with van der Waals surface area (Å²) in [6.45, 7) is 63.7. The Kier molecular flexibility index (Phi) is 43.3. The lowest BCUT2D eigenvalue weighted by molar-refractivity contribution is -0.117. The van der Waals surface area contributed by atoms with E-state index in [0.717, 1.165) is 61.0 Å². The molecule has 814 valence electrons. The van der Waals surface area contributed by atoms with E-state index in [1.807, 2.05) is 45.0 Å². The minimum absolute atomic E-state index is 0.0165. The molecule has 0 aromatic heterocycles. The third kappa shape index (κ3) is 34.2. The van der Waals surface area contributed by atoms with Crippen LogP contribution in [0.15, 0.2) is 177 Å². The van der Waals surface area contributed by atoms with E-state index in [4.69, 9.17) is 66.3 Å². The van der Waals surface area contributed by atoms with E-state index in [1.165, 1.54) is 6.92 Å². The molecule has 37 nitrogen and oxygen atoms in total. The minimum atomic E-state index is -1.97. The molecule has 0 radical (unpaired) electrons. The number of carbonyl (C=O) groups is 1. The first-order valence-corrected chi connectivity index (χ1v) is 69.7. The Balaban J connectivity index is 0.000000235. The summed E-state index contributed by atoms with van der Waals surface area (Å²) >= 11 is 0. The normalized spacial score (nSPS) is 32.2. The van der Waals surface area contributed by atoms with Crippen LogP contribution in [0.3, 0.4) is 0 Å². The van der Waals surface area contributed by atoms with Crippen LogP contribution in [0.1, 0.15) is 107 Å². The number of hydrogen-bond acceptors (Lipinski definition) is 36. The summed E-state index contributed by atoms with van der Waals surface area (Å²) < 4.78 is 47.9. The van der Waals surface area contributed by atoms with Gasteiger partial charge in [0.05, 0.1) is 48.8 Å². The number of amides is 1. The van der Waals surface area contributed by atoms with Gasteiger partial charge in [0.1, 0.15) is 137 Å². The molecule has 12 heterocycles. The van der Waals surface area contributed by atoms with Gasteiger partial charge in [0.2, 0.25) is 5.91 Å². The smallest absolute Gasteiger partial charge is 0.222 e. The van der Waals surface area contributed by atoms with Crippen molar-refractivity contribution in [2.45, 2.75) is 266 Å². The Morgan fingerprint density at radius 1 is 0.472 bits per heavy atom. The Morgan fingerprint density at radius 3 is 1.24 bits per heavy atom. The molecule has 0 spiro atoms. The van der Waals surface area contributed by atoms with Crippen LogP contribution in [0.5, 0.6) is 0 Å². The van der Waals surface area contributed by atoms with E-state index in [-0.39, 0.29) is 35.3 Å². The van der Waals surface area contributed by atoms with Crippen LogP contribution in [0.25, 0.3) is 0 Å². The highest BCUT2D eigenvalue weighted by molar-refractivity contribution is 7.73. The third-order valence-corrected chi connectivity index (χ3v) is 40.1. The zero-order valence-corrected chi connectivity index (χ0v) is 96.2. The Bertz CT molecular complexity index is 5340. The molecule has 1 amide bonds. The summed E-state index contributed by atoms with van der Waals surface area (Å²) in [5.74, 6) is 4.64. The molecule has 21 N–H and O–H groups in total. The van der Waals surface area contributed by atoms with Gasteiger partial charge in [-0.05, 0) is 219 Å². The molecule has 0 bridgehead atoms. The van der Waals surface area contributed by atoms with Gasteiger partial charge in [0.25, 0.3) is 0 Å². The molecule has 0 aromatic rings. The highest BCUT2D eigenvalue weighted by Crippen LogP contribution is 2.49. The summed E-state index contributed by atoms with van der Waals surface area (Å²) in [5, 5.41) is 108. The number of ether oxygens (including phenoxy) is 7. The lowest BCUT2D eigenvalue weighted by Crippen LogP contribution is -2.51. The number of nitrogens with one attached hydrogen (secondary N) is 1. The van der Waals surface area contributed by atoms with E-state index in [2.05, 4.69) is 226 Å². The Hall–Kier alpha value is -6.53. The first-order chi connectivity index (χ1) is 65.9. The van der Waals surface area contributed by atoms with E-state index in [0.29, 0.717) is 114 Å². The van der Waals surface area contributed by atoms with Gasteiger partial charge in [-0.3, -0.25) is 4.79 Å². The fourth-order valence-corrected chi connectivity index (χ4v) is 23.5. The van der Waals surface area contributed by atoms with Gasteiger partial charge in [-0.1, -0.05) is 74.1 Å². The summed E-state index contributed by atoms with van der Waals surface area (Å²) in [4.78, 5) is 46.6. The van der Waals surface area contributed by atoms with Crippen molar-refractivity contribution >= 4 is 128 Å². The molecule has 6 saturated heterocycles. The van der Waals surface area contributed by atoms with Gasteiger partial charge in [-0.25, -0.2) is 30.0 Å². The second kappa shape index (κ2) is 50.1. The second-order valence-electron chi connectivity index (χ2n) is 45.0. The van der Waals surface area contributed by atoms with Crippen molar-refractivity contribution in [3.8, 4) is 0 Å². The molecule has 0 aromatic carbocycles. The number of hydrogen-bond donors (Lipinski definition) is 16. The average Bonchev–Trinajstić information content (AvgIpc) is 1.61. The topological polar surface area (TPSA) is 529 Å². The molecule has 0 unspecified atom stereocenters. The largest absolute Gasteiger partial charge is 0.412 e. The predicted octanol–water partition coefficient (Wildman–Crippen LogP) is 7.59. The van der Waals surface area contributed by atoms with E-state index in [9.17, 15) is 55.9 Å². The van der Waals surface area contributed by atoms with Crippen molar-refractivity contribution in [3.63, 3.8) is 0 Å². The molecule has 6 fully saturated rings. The number of methoxy groups -OCH3 is 1. The molecule has 24 atom stereocenters. The molecule has 12 rings (SSSR count). The van der Waals surface area contributed by atoms with Crippen LogP contribution >= 0.6 is 41.3 Å². The summed E-state index contributed by atoms with van der Waals surface area (Å²) in [6, 6.07) is 0. The van der Waals surface area contributed by atoms with Gasteiger partial charge in [-0.15, -0.1) is 79.1 Å². The zero-order valence-electron chi connectivity index (χ0n) is 89.9. The van der Waals surface area contributed by atoms with Crippen LogP contribution in [0.2, 0.25) is 18.1 Å². The highest BCUT2D eigenvalue weighted by atomic mass is 31.2. The van der Waals surface area contributed by atoms with Crippen LogP contribution in [-0.2, 0) is 42.4 Å². The second-order valence-corrected chi connectivity index (χ2v) is 75.7. The van der Waals surface area contributed by atoms with Crippen LogP contribution in [-0.4, -0.2) is 438 Å². The first kappa shape index (κ1) is 124. The fourth-order valence-electron chi connectivity index (χ4n) is 16.7. The third-order valence-electron chi connectivity index (χ3n) is 26.8. The number of aliphatic hydroxyl groups is 10. The Labute approximate surface area is 858 Å². The molecular weight excluding hydrogens is 1970 g/mol. The lowest BCUT2D eigenvalue weighted by Gasteiger charge is -2.37. The highest BCUT2D eigenvalue weighted by Gasteiger charge is 2.57. The molecule has 12 aliphatic rings. The maximum atomic E-state index is 11.3. The maximum Gasteiger partial charge on any atom is 0.222 e. The van der Waals surface area contributed by atoms with E-state index in [1.54, 1.807) is 81.6 Å². The minimum Gasteiger partial charge on any atom is -0.412 e. The van der Waals surface area contributed by atoms with Crippen LogP contribution < -0.4 is 34.0 Å². The monoisotopic (exact) mass is 2150 g/mol. The molecule has 0 saturated carbocycles.